The van der Waals surface area contributed by atoms with Gasteiger partial charge in [0.05, 0.1) is 0 Å². The van der Waals surface area contributed by atoms with Crippen LogP contribution in [0.5, 0.6) is 0 Å². The van der Waals surface area contributed by atoms with Crippen LogP contribution in [0.1, 0.15) is 47.4 Å². The van der Waals surface area contributed by atoms with Crippen LogP contribution in [0.15, 0.2) is 42.0 Å². The molecule has 6 heteroatoms. The Labute approximate surface area is 144 Å². The smallest absolute Gasteiger partial charge is 0.270 e. The summed E-state index contributed by atoms with van der Waals surface area (Å²) in [5, 5.41) is 5.54. The minimum absolute atomic E-state index is 0.227. The lowest BCUT2D eigenvalue weighted by atomic mass is 9.99. The highest BCUT2D eigenvalue weighted by molar-refractivity contribution is 7.16. The number of nitrogens with one attached hydrogen (secondary N) is 1. The molecule has 3 rings (SSSR count). The molecule has 124 valence electrons. The van der Waals surface area contributed by atoms with Crippen LogP contribution < -0.4 is 11.1 Å². The molecule has 0 aliphatic heterocycles. The second-order valence-electron chi connectivity index (χ2n) is 6.00. The first-order valence-electron chi connectivity index (χ1n) is 7.88. The third-order valence-corrected chi connectivity index (χ3v) is 4.81. The molecule has 0 bridgehead atoms. The summed E-state index contributed by atoms with van der Waals surface area (Å²) in [6, 6.07) is 9.82. The van der Waals surface area contributed by atoms with E-state index >= 15 is 0 Å². The van der Waals surface area contributed by atoms with E-state index in [1.54, 1.807) is 0 Å². The molecular formula is C18H20N4OS. The van der Waals surface area contributed by atoms with Crippen molar-refractivity contribution in [2.24, 2.45) is 5.73 Å². The SMILES string of the molecule is CC(C)c1ccc(C(N)CNC(=O)c2ncnc3sccc23)cc1. The van der Waals surface area contributed by atoms with Crippen molar-refractivity contribution in [1.29, 1.82) is 0 Å². The fourth-order valence-corrected chi connectivity index (χ4v) is 3.24. The normalized spacial score (nSPS) is 12.5. The van der Waals surface area contributed by atoms with Crippen molar-refractivity contribution in [3.05, 3.63) is 58.9 Å². The number of thiophene rings is 1. The lowest BCUT2D eigenvalue weighted by molar-refractivity contribution is 0.0948. The largest absolute Gasteiger partial charge is 0.349 e. The minimum atomic E-state index is -0.255. The zero-order valence-electron chi connectivity index (χ0n) is 13.7. The van der Waals surface area contributed by atoms with Gasteiger partial charge in [-0.05, 0) is 28.5 Å². The predicted octanol–water partition coefficient (Wildman–Crippen LogP) is 3.24. The summed E-state index contributed by atoms with van der Waals surface area (Å²) >= 11 is 1.49. The molecule has 0 aliphatic carbocycles. The van der Waals surface area contributed by atoms with Crippen LogP contribution in [0.3, 0.4) is 0 Å². The van der Waals surface area contributed by atoms with E-state index in [9.17, 15) is 4.79 Å². The van der Waals surface area contributed by atoms with E-state index in [0.29, 0.717) is 18.2 Å². The van der Waals surface area contributed by atoms with E-state index in [1.165, 1.54) is 23.2 Å². The average molecular weight is 340 g/mol. The van der Waals surface area contributed by atoms with Crippen LogP contribution in [-0.2, 0) is 0 Å². The second kappa shape index (κ2) is 7.07. The first-order valence-corrected chi connectivity index (χ1v) is 8.76. The first-order chi connectivity index (χ1) is 11.6. The number of carbonyl (C=O) groups excluding carboxylic acids is 1. The minimum Gasteiger partial charge on any atom is -0.349 e. The van der Waals surface area contributed by atoms with Gasteiger partial charge in [0.25, 0.3) is 5.91 Å². The number of aromatic nitrogens is 2. The van der Waals surface area contributed by atoms with Crippen LogP contribution in [0.2, 0.25) is 0 Å². The molecular weight excluding hydrogens is 320 g/mol. The third kappa shape index (κ3) is 3.44. The van der Waals surface area contributed by atoms with Crippen molar-refractivity contribution in [3.63, 3.8) is 0 Å². The molecule has 1 atom stereocenters. The maximum atomic E-state index is 12.4. The topological polar surface area (TPSA) is 80.9 Å². The summed E-state index contributed by atoms with van der Waals surface area (Å²) in [6.45, 7) is 4.67. The van der Waals surface area contributed by atoms with Crippen molar-refractivity contribution < 1.29 is 4.79 Å². The summed E-state index contributed by atoms with van der Waals surface area (Å²) in [5.41, 5.74) is 8.86. The second-order valence-corrected chi connectivity index (χ2v) is 6.89. The van der Waals surface area contributed by atoms with Crippen LogP contribution in [0.4, 0.5) is 0 Å². The van der Waals surface area contributed by atoms with E-state index in [0.717, 1.165) is 15.8 Å². The summed E-state index contributed by atoms with van der Waals surface area (Å²) in [7, 11) is 0. The van der Waals surface area contributed by atoms with Gasteiger partial charge in [-0.25, -0.2) is 9.97 Å². The monoisotopic (exact) mass is 340 g/mol. The van der Waals surface area contributed by atoms with Gasteiger partial charge >= 0.3 is 0 Å². The van der Waals surface area contributed by atoms with E-state index < -0.39 is 0 Å². The molecule has 3 N–H and O–H groups in total. The fourth-order valence-electron chi connectivity index (χ4n) is 2.50. The van der Waals surface area contributed by atoms with Gasteiger partial charge in [0.1, 0.15) is 16.9 Å². The van der Waals surface area contributed by atoms with E-state index in [4.69, 9.17) is 5.73 Å². The third-order valence-electron chi connectivity index (χ3n) is 3.99. The molecule has 1 unspecified atom stereocenters. The Morgan fingerprint density at radius 1 is 1.17 bits per heavy atom. The maximum absolute atomic E-state index is 12.4. The standard InChI is InChI=1S/C18H20N4OS/c1-11(2)12-3-5-13(6-4-12)15(19)9-20-17(23)16-14-7-8-24-18(14)22-10-21-16/h3-8,10-11,15H,9,19H2,1-2H3,(H,20,23). The maximum Gasteiger partial charge on any atom is 0.270 e. The van der Waals surface area contributed by atoms with Gasteiger partial charge < -0.3 is 11.1 Å². The molecule has 1 aromatic carbocycles. The van der Waals surface area contributed by atoms with Crippen LogP contribution in [0.25, 0.3) is 10.2 Å². The molecule has 2 heterocycles. The highest BCUT2D eigenvalue weighted by atomic mass is 32.1. The number of carbonyl (C=O) groups is 1. The predicted molar refractivity (Wildman–Crippen MR) is 97.2 cm³/mol. The van der Waals surface area contributed by atoms with E-state index in [1.807, 2.05) is 23.6 Å². The van der Waals surface area contributed by atoms with Crippen LogP contribution in [0, 0.1) is 0 Å². The Kier molecular flexibility index (Phi) is 4.87. The van der Waals surface area contributed by atoms with E-state index in [-0.39, 0.29) is 11.9 Å². The zero-order chi connectivity index (χ0) is 17.1. The van der Waals surface area contributed by atoms with Gasteiger partial charge in [-0.15, -0.1) is 11.3 Å². The van der Waals surface area contributed by atoms with Gasteiger partial charge in [-0.1, -0.05) is 38.1 Å². The van der Waals surface area contributed by atoms with Crippen molar-refractivity contribution in [2.75, 3.05) is 6.54 Å². The Balaban J connectivity index is 1.66. The van der Waals surface area contributed by atoms with Crippen LogP contribution in [-0.4, -0.2) is 22.4 Å². The lowest BCUT2D eigenvalue weighted by Crippen LogP contribution is -2.32. The van der Waals surface area contributed by atoms with Gasteiger partial charge in [0.2, 0.25) is 0 Å². The van der Waals surface area contributed by atoms with Gasteiger partial charge in [0.15, 0.2) is 0 Å². The summed E-state index contributed by atoms with van der Waals surface area (Å²) in [4.78, 5) is 21.4. The average Bonchev–Trinajstić information content (AvgIpc) is 3.08. The van der Waals surface area contributed by atoms with Crippen molar-refractivity contribution in [2.45, 2.75) is 25.8 Å². The van der Waals surface area contributed by atoms with E-state index in [2.05, 4.69) is 41.3 Å². The highest BCUT2D eigenvalue weighted by Crippen LogP contribution is 2.20. The Bertz CT molecular complexity index is 842. The highest BCUT2D eigenvalue weighted by Gasteiger charge is 2.15. The number of amides is 1. The molecule has 0 aliphatic rings. The van der Waals surface area contributed by atoms with Gasteiger partial charge in [-0.3, -0.25) is 4.79 Å². The molecule has 3 aromatic rings. The number of nitrogens with zero attached hydrogens (tertiary/aromatic N) is 2. The Morgan fingerprint density at radius 2 is 1.88 bits per heavy atom. The number of hydrogen-bond donors (Lipinski definition) is 2. The number of benzene rings is 1. The lowest BCUT2D eigenvalue weighted by Gasteiger charge is -2.14. The number of rotatable bonds is 5. The fraction of sp³-hybridized carbons (Fsp3) is 0.278. The Hall–Kier alpha value is -2.31. The molecule has 0 fully saturated rings. The van der Waals surface area contributed by atoms with Gasteiger partial charge in [0, 0.05) is 18.0 Å². The zero-order valence-corrected chi connectivity index (χ0v) is 14.5. The quantitative estimate of drug-likeness (QED) is 0.747. The molecule has 0 spiro atoms. The summed E-state index contributed by atoms with van der Waals surface area (Å²) < 4.78 is 0. The number of hydrogen-bond acceptors (Lipinski definition) is 5. The molecule has 24 heavy (non-hydrogen) atoms. The first kappa shape index (κ1) is 16.5. The van der Waals surface area contributed by atoms with Crippen molar-refractivity contribution >= 4 is 27.5 Å². The Morgan fingerprint density at radius 3 is 2.58 bits per heavy atom. The summed E-state index contributed by atoms with van der Waals surface area (Å²) in [6.07, 6.45) is 1.41. The number of fused-ring (bicyclic) bond motifs is 1. The summed E-state index contributed by atoms with van der Waals surface area (Å²) in [5.74, 6) is 0.260. The van der Waals surface area contributed by atoms with Crippen molar-refractivity contribution in [3.8, 4) is 0 Å². The van der Waals surface area contributed by atoms with Crippen LogP contribution >= 0.6 is 11.3 Å². The van der Waals surface area contributed by atoms with Gasteiger partial charge in [-0.2, -0.15) is 0 Å². The molecule has 0 saturated carbocycles. The molecule has 5 nitrogen and oxygen atoms in total. The molecule has 2 aromatic heterocycles. The number of nitrogens with two attached hydrogens (primary N) is 1. The molecule has 0 radical (unpaired) electrons. The molecule has 0 saturated heterocycles. The van der Waals surface area contributed by atoms with Crippen molar-refractivity contribution in [1.82, 2.24) is 15.3 Å². The molecule has 1 amide bonds.